The molecule has 8 nitrogen and oxygen atoms in total. The first-order valence-corrected chi connectivity index (χ1v) is 11.5. The summed E-state index contributed by atoms with van der Waals surface area (Å²) in [5.41, 5.74) is 2.33. The second-order valence-corrected chi connectivity index (χ2v) is 8.54. The second kappa shape index (κ2) is 9.30. The third-order valence-corrected chi connectivity index (χ3v) is 6.43. The third-order valence-electron chi connectivity index (χ3n) is 6.43. The van der Waals surface area contributed by atoms with Crippen LogP contribution in [-0.2, 0) is 20.8 Å². The highest BCUT2D eigenvalue weighted by atomic mass is 16.6. The van der Waals surface area contributed by atoms with Gasteiger partial charge in [-0.1, -0.05) is 60.7 Å². The SMILES string of the molecule is CCOC(=O)c1ncn(C2CN(C(=O)OCc3ccccc3)CCC23CO3)c1-c1ccccc1. The van der Waals surface area contributed by atoms with Gasteiger partial charge in [0.15, 0.2) is 5.69 Å². The van der Waals surface area contributed by atoms with Gasteiger partial charge in [-0.3, -0.25) is 0 Å². The molecule has 0 aliphatic carbocycles. The van der Waals surface area contributed by atoms with E-state index in [4.69, 9.17) is 14.2 Å². The maximum atomic E-state index is 12.9. The number of imidazole rings is 1. The van der Waals surface area contributed by atoms with Crippen LogP contribution in [0.1, 0.15) is 35.4 Å². The molecule has 5 rings (SSSR count). The summed E-state index contributed by atoms with van der Waals surface area (Å²) >= 11 is 0. The van der Waals surface area contributed by atoms with Gasteiger partial charge in [0.25, 0.3) is 0 Å². The minimum absolute atomic E-state index is 0.212. The Bertz CT molecular complexity index is 1160. The van der Waals surface area contributed by atoms with Crippen molar-refractivity contribution < 1.29 is 23.8 Å². The molecule has 2 atom stereocenters. The smallest absolute Gasteiger partial charge is 0.410 e. The molecule has 2 aliphatic rings. The Labute approximate surface area is 198 Å². The monoisotopic (exact) mass is 461 g/mol. The number of esters is 1. The number of hydrogen-bond acceptors (Lipinski definition) is 6. The molecule has 1 aromatic heterocycles. The average Bonchev–Trinajstić information content (AvgIpc) is 3.50. The Morgan fingerprint density at radius 3 is 2.47 bits per heavy atom. The predicted molar refractivity (Wildman–Crippen MR) is 124 cm³/mol. The molecule has 0 saturated carbocycles. The summed E-state index contributed by atoms with van der Waals surface area (Å²) in [5.74, 6) is -0.471. The fourth-order valence-corrected chi connectivity index (χ4v) is 4.53. The Morgan fingerprint density at radius 2 is 1.79 bits per heavy atom. The number of ether oxygens (including phenoxy) is 3. The lowest BCUT2D eigenvalue weighted by Crippen LogP contribution is -2.48. The summed E-state index contributed by atoms with van der Waals surface area (Å²) in [6.45, 7) is 3.79. The lowest BCUT2D eigenvalue weighted by atomic mass is 9.91. The minimum Gasteiger partial charge on any atom is -0.461 e. The van der Waals surface area contributed by atoms with Gasteiger partial charge in [0.1, 0.15) is 12.2 Å². The van der Waals surface area contributed by atoms with E-state index >= 15 is 0 Å². The van der Waals surface area contributed by atoms with Crippen molar-refractivity contribution in [2.24, 2.45) is 0 Å². The van der Waals surface area contributed by atoms with E-state index in [1.165, 1.54) is 0 Å². The lowest BCUT2D eigenvalue weighted by Gasteiger charge is -2.37. The van der Waals surface area contributed by atoms with Crippen molar-refractivity contribution in [1.82, 2.24) is 14.5 Å². The number of carbonyl (C=O) groups is 2. The zero-order chi connectivity index (χ0) is 23.5. The number of rotatable bonds is 6. The van der Waals surface area contributed by atoms with Gasteiger partial charge in [-0.2, -0.15) is 0 Å². The van der Waals surface area contributed by atoms with E-state index < -0.39 is 5.97 Å². The summed E-state index contributed by atoms with van der Waals surface area (Å²) in [6.07, 6.45) is 1.97. The molecule has 1 amide bonds. The van der Waals surface area contributed by atoms with Crippen LogP contribution in [-0.4, -0.2) is 58.4 Å². The number of aromatic nitrogens is 2. The Hall–Kier alpha value is -3.65. The molecular weight excluding hydrogens is 434 g/mol. The summed E-state index contributed by atoms with van der Waals surface area (Å²) in [7, 11) is 0. The van der Waals surface area contributed by atoms with E-state index in [-0.39, 0.29) is 36.6 Å². The van der Waals surface area contributed by atoms with Crippen molar-refractivity contribution in [1.29, 1.82) is 0 Å². The molecule has 8 heteroatoms. The zero-order valence-corrected chi connectivity index (χ0v) is 19.1. The number of carbonyl (C=O) groups excluding carboxylic acids is 2. The van der Waals surface area contributed by atoms with Gasteiger partial charge in [0.2, 0.25) is 0 Å². The van der Waals surface area contributed by atoms with Crippen LogP contribution in [0.5, 0.6) is 0 Å². The van der Waals surface area contributed by atoms with Crippen molar-refractivity contribution in [2.45, 2.75) is 31.6 Å². The van der Waals surface area contributed by atoms with E-state index in [2.05, 4.69) is 4.98 Å². The van der Waals surface area contributed by atoms with E-state index in [0.29, 0.717) is 31.8 Å². The van der Waals surface area contributed by atoms with Gasteiger partial charge in [-0.15, -0.1) is 0 Å². The Morgan fingerprint density at radius 1 is 1.09 bits per heavy atom. The van der Waals surface area contributed by atoms with Crippen LogP contribution in [0.4, 0.5) is 4.79 Å². The molecule has 2 aliphatic heterocycles. The Balaban J connectivity index is 1.42. The number of nitrogens with zero attached hydrogens (tertiary/aromatic N) is 3. The standard InChI is InChI=1S/C26H27N3O5/c1-2-32-24(30)22-23(20-11-7-4-8-12-20)29(18-27-22)21-15-28(14-13-26(21)17-34-26)25(31)33-16-19-9-5-3-6-10-19/h3-12,18,21H,2,13-17H2,1H3. The van der Waals surface area contributed by atoms with Gasteiger partial charge in [-0.05, 0) is 18.9 Å². The molecular formula is C26H27N3O5. The first kappa shape index (κ1) is 22.2. The highest BCUT2D eigenvalue weighted by Gasteiger charge is 2.56. The zero-order valence-electron chi connectivity index (χ0n) is 19.1. The van der Waals surface area contributed by atoms with Gasteiger partial charge < -0.3 is 23.7 Å². The van der Waals surface area contributed by atoms with E-state index in [9.17, 15) is 9.59 Å². The first-order chi connectivity index (χ1) is 16.6. The van der Waals surface area contributed by atoms with Crippen LogP contribution in [0.25, 0.3) is 11.3 Å². The quantitative estimate of drug-likeness (QED) is 0.406. The molecule has 2 fully saturated rings. The molecule has 34 heavy (non-hydrogen) atoms. The van der Waals surface area contributed by atoms with Crippen molar-refractivity contribution in [3.8, 4) is 11.3 Å². The molecule has 3 aromatic rings. The van der Waals surface area contributed by atoms with Crippen LogP contribution in [0, 0.1) is 0 Å². The highest BCUT2D eigenvalue weighted by molar-refractivity contribution is 5.94. The maximum Gasteiger partial charge on any atom is 0.410 e. The largest absolute Gasteiger partial charge is 0.461 e. The third kappa shape index (κ3) is 4.28. The fourth-order valence-electron chi connectivity index (χ4n) is 4.53. The van der Waals surface area contributed by atoms with E-state index in [0.717, 1.165) is 11.1 Å². The molecule has 0 N–H and O–H groups in total. The predicted octanol–water partition coefficient (Wildman–Crippen LogP) is 4.08. The number of benzene rings is 2. The highest BCUT2D eigenvalue weighted by Crippen LogP contribution is 2.47. The van der Waals surface area contributed by atoms with Crippen LogP contribution >= 0.6 is 0 Å². The molecule has 3 heterocycles. The van der Waals surface area contributed by atoms with Gasteiger partial charge in [0.05, 0.1) is 31.3 Å². The van der Waals surface area contributed by atoms with E-state index in [1.54, 1.807) is 18.2 Å². The molecule has 2 unspecified atom stereocenters. The van der Waals surface area contributed by atoms with Gasteiger partial charge in [-0.25, -0.2) is 14.6 Å². The topological polar surface area (TPSA) is 86.2 Å². The normalized spacial score (nSPS) is 21.3. The molecule has 0 bridgehead atoms. The van der Waals surface area contributed by atoms with Crippen molar-refractivity contribution in [3.05, 3.63) is 78.2 Å². The minimum atomic E-state index is -0.471. The number of hydrogen-bond donors (Lipinski definition) is 0. The summed E-state index contributed by atoms with van der Waals surface area (Å²) in [6, 6.07) is 19.0. The average molecular weight is 462 g/mol. The van der Waals surface area contributed by atoms with Crippen LogP contribution in [0.15, 0.2) is 67.0 Å². The van der Waals surface area contributed by atoms with Crippen LogP contribution in [0.3, 0.4) is 0 Å². The van der Waals surface area contributed by atoms with Gasteiger partial charge in [0, 0.05) is 18.7 Å². The van der Waals surface area contributed by atoms with Crippen molar-refractivity contribution in [2.75, 3.05) is 26.3 Å². The molecule has 176 valence electrons. The maximum absolute atomic E-state index is 12.9. The molecule has 2 aromatic carbocycles. The lowest BCUT2D eigenvalue weighted by molar-refractivity contribution is 0.0513. The molecule has 1 spiro atoms. The van der Waals surface area contributed by atoms with Gasteiger partial charge >= 0.3 is 12.1 Å². The number of likely N-dealkylation sites (tertiary alicyclic amines) is 1. The van der Waals surface area contributed by atoms with Crippen LogP contribution < -0.4 is 0 Å². The summed E-state index contributed by atoms with van der Waals surface area (Å²) in [5, 5.41) is 0. The molecule has 0 radical (unpaired) electrons. The number of amides is 1. The number of piperidine rings is 1. The van der Waals surface area contributed by atoms with Crippen molar-refractivity contribution >= 4 is 12.1 Å². The number of epoxide rings is 1. The fraction of sp³-hybridized carbons (Fsp3) is 0.346. The van der Waals surface area contributed by atoms with E-state index in [1.807, 2.05) is 65.2 Å². The summed E-state index contributed by atoms with van der Waals surface area (Å²) < 4.78 is 18.7. The Kier molecular flexibility index (Phi) is 6.06. The van der Waals surface area contributed by atoms with Crippen LogP contribution in [0.2, 0.25) is 0 Å². The van der Waals surface area contributed by atoms with Crippen molar-refractivity contribution in [3.63, 3.8) is 0 Å². The first-order valence-electron chi connectivity index (χ1n) is 11.5. The summed E-state index contributed by atoms with van der Waals surface area (Å²) in [4.78, 5) is 31.7. The molecule has 2 saturated heterocycles. The second-order valence-electron chi connectivity index (χ2n) is 8.54.